The van der Waals surface area contributed by atoms with Crippen molar-refractivity contribution in [3.8, 4) is 11.4 Å². The Balaban J connectivity index is 1.86. The van der Waals surface area contributed by atoms with Gasteiger partial charge in [0.2, 0.25) is 11.8 Å². The molecule has 2 amide bonds. The number of nitrogens with zero attached hydrogens (tertiary/aromatic N) is 2. The summed E-state index contributed by atoms with van der Waals surface area (Å²) in [6.07, 6.45) is 1.81. The molecule has 0 aliphatic carbocycles. The molecule has 0 aliphatic rings. The largest absolute Gasteiger partial charge is 0.497 e. The summed E-state index contributed by atoms with van der Waals surface area (Å²) in [5.41, 5.74) is 6.73. The number of nitrogens with two attached hydrogens (primary N) is 1. The zero-order valence-electron chi connectivity index (χ0n) is 12.8. The van der Waals surface area contributed by atoms with Crippen LogP contribution in [0.3, 0.4) is 0 Å². The number of rotatable bonds is 7. The second kappa shape index (κ2) is 7.95. The lowest BCUT2D eigenvalue weighted by Crippen LogP contribution is -2.39. The van der Waals surface area contributed by atoms with E-state index in [9.17, 15) is 9.59 Å². The number of hydrogen-bond acceptors (Lipinski definition) is 5. The van der Waals surface area contributed by atoms with E-state index in [-0.39, 0.29) is 31.4 Å². The number of amides is 2. The summed E-state index contributed by atoms with van der Waals surface area (Å²) in [6.45, 7) is 0.0370. The van der Waals surface area contributed by atoms with Gasteiger partial charge in [-0.25, -0.2) is 4.68 Å². The lowest BCUT2D eigenvalue weighted by Gasteiger charge is -2.05. The number of hydrogen-bond donors (Lipinski definition) is 3. The summed E-state index contributed by atoms with van der Waals surface area (Å²) in [6, 6.07) is 9.27. The first kappa shape index (κ1) is 16.5. The molecule has 2 rings (SSSR count). The number of benzene rings is 1. The van der Waals surface area contributed by atoms with Crippen molar-refractivity contribution in [2.24, 2.45) is 5.73 Å². The summed E-state index contributed by atoms with van der Waals surface area (Å²) < 4.78 is 6.81. The first-order valence-electron chi connectivity index (χ1n) is 7.05. The predicted octanol–water partition coefficient (Wildman–Crippen LogP) is -0.428. The molecule has 1 aromatic heterocycles. The van der Waals surface area contributed by atoms with Crippen LogP contribution in [-0.4, -0.2) is 41.8 Å². The number of aromatic nitrogens is 2. The molecule has 1 heterocycles. The minimum absolute atomic E-state index is 0.102. The van der Waals surface area contributed by atoms with Gasteiger partial charge in [-0.15, -0.1) is 0 Å². The topological polar surface area (TPSA) is 111 Å². The van der Waals surface area contributed by atoms with Gasteiger partial charge >= 0.3 is 0 Å². The predicted molar refractivity (Wildman–Crippen MR) is 84.0 cm³/mol. The Morgan fingerprint density at radius 3 is 2.57 bits per heavy atom. The highest BCUT2D eigenvalue weighted by Crippen LogP contribution is 2.14. The van der Waals surface area contributed by atoms with Crippen LogP contribution in [0, 0.1) is 0 Å². The maximum absolute atomic E-state index is 11.6. The van der Waals surface area contributed by atoms with Crippen LogP contribution in [0.25, 0.3) is 5.69 Å². The Morgan fingerprint density at radius 2 is 1.91 bits per heavy atom. The Hall–Kier alpha value is -2.87. The van der Waals surface area contributed by atoms with Gasteiger partial charge in [0.05, 0.1) is 38.1 Å². The molecule has 1 aromatic carbocycles. The van der Waals surface area contributed by atoms with Gasteiger partial charge in [0.1, 0.15) is 5.75 Å². The first-order chi connectivity index (χ1) is 11.1. The molecule has 2 aromatic rings. The SMILES string of the molecule is COc1ccc(-n2ccc(CNC(=O)CNC(=O)CN)n2)cc1. The Kier molecular flexibility index (Phi) is 5.70. The fourth-order valence-corrected chi connectivity index (χ4v) is 1.84. The standard InChI is InChI=1S/C15H19N5O3/c1-23-13-4-2-12(3-5-13)20-7-6-11(19-20)9-17-15(22)10-18-14(21)8-16/h2-7H,8-10,16H2,1H3,(H,17,22)(H,18,21). The molecule has 0 saturated heterocycles. The summed E-state index contributed by atoms with van der Waals surface area (Å²) >= 11 is 0. The van der Waals surface area contributed by atoms with E-state index in [0.717, 1.165) is 11.4 Å². The molecule has 0 saturated carbocycles. The second-order valence-corrected chi connectivity index (χ2v) is 4.71. The van der Waals surface area contributed by atoms with Crippen LogP contribution in [-0.2, 0) is 16.1 Å². The van der Waals surface area contributed by atoms with Crippen molar-refractivity contribution in [3.05, 3.63) is 42.2 Å². The van der Waals surface area contributed by atoms with E-state index in [1.807, 2.05) is 30.3 Å². The van der Waals surface area contributed by atoms with E-state index in [2.05, 4.69) is 15.7 Å². The number of ether oxygens (including phenoxy) is 1. The van der Waals surface area contributed by atoms with Crippen LogP contribution in [0.2, 0.25) is 0 Å². The summed E-state index contributed by atoms with van der Waals surface area (Å²) in [5, 5.41) is 9.44. The van der Waals surface area contributed by atoms with Gasteiger partial charge in [0, 0.05) is 6.20 Å². The van der Waals surface area contributed by atoms with Gasteiger partial charge in [-0.05, 0) is 30.3 Å². The number of nitrogens with one attached hydrogen (secondary N) is 2. The van der Waals surface area contributed by atoms with Crippen LogP contribution >= 0.6 is 0 Å². The summed E-state index contributed by atoms with van der Waals surface area (Å²) in [4.78, 5) is 22.5. The maximum Gasteiger partial charge on any atom is 0.239 e. The molecule has 0 fully saturated rings. The van der Waals surface area contributed by atoms with Crippen molar-refractivity contribution in [1.29, 1.82) is 0 Å². The van der Waals surface area contributed by atoms with E-state index in [4.69, 9.17) is 10.5 Å². The minimum Gasteiger partial charge on any atom is -0.497 e. The molecule has 8 nitrogen and oxygen atoms in total. The Morgan fingerprint density at radius 1 is 1.17 bits per heavy atom. The first-order valence-corrected chi connectivity index (χ1v) is 7.05. The molecule has 122 valence electrons. The summed E-state index contributed by atoms with van der Waals surface area (Å²) in [5.74, 6) is 0.0997. The zero-order chi connectivity index (χ0) is 16.7. The smallest absolute Gasteiger partial charge is 0.239 e. The highest BCUT2D eigenvalue weighted by molar-refractivity contribution is 5.85. The van der Waals surface area contributed by atoms with Crippen molar-refractivity contribution in [2.45, 2.75) is 6.54 Å². The quantitative estimate of drug-likeness (QED) is 0.642. The average molecular weight is 317 g/mol. The lowest BCUT2D eigenvalue weighted by molar-refractivity contribution is -0.125. The maximum atomic E-state index is 11.6. The number of carbonyl (C=O) groups excluding carboxylic acids is 2. The van der Waals surface area contributed by atoms with E-state index in [1.54, 1.807) is 18.0 Å². The van der Waals surface area contributed by atoms with Gasteiger partial charge in [0.25, 0.3) is 0 Å². The molecule has 0 radical (unpaired) electrons. The molecule has 0 aliphatic heterocycles. The Bertz CT molecular complexity index is 666. The highest BCUT2D eigenvalue weighted by Gasteiger charge is 2.06. The Labute approximate surface area is 133 Å². The average Bonchev–Trinajstić information content (AvgIpc) is 3.06. The molecule has 0 atom stereocenters. The molecule has 0 spiro atoms. The van der Waals surface area contributed by atoms with Gasteiger partial charge in [0.15, 0.2) is 0 Å². The van der Waals surface area contributed by atoms with Crippen LogP contribution < -0.4 is 21.1 Å². The van der Waals surface area contributed by atoms with Crippen LogP contribution in [0.15, 0.2) is 36.5 Å². The molecule has 0 unspecified atom stereocenters. The van der Waals surface area contributed by atoms with Crippen molar-refractivity contribution < 1.29 is 14.3 Å². The molecule has 4 N–H and O–H groups in total. The van der Waals surface area contributed by atoms with Gasteiger partial charge in [-0.3, -0.25) is 9.59 Å². The highest BCUT2D eigenvalue weighted by atomic mass is 16.5. The third-order valence-electron chi connectivity index (χ3n) is 3.08. The van der Waals surface area contributed by atoms with E-state index < -0.39 is 0 Å². The molecule has 8 heteroatoms. The van der Waals surface area contributed by atoms with Crippen molar-refractivity contribution >= 4 is 11.8 Å². The number of methoxy groups -OCH3 is 1. The normalized spacial score (nSPS) is 10.2. The van der Waals surface area contributed by atoms with Crippen molar-refractivity contribution in [1.82, 2.24) is 20.4 Å². The molecule has 0 bridgehead atoms. The lowest BCUT2D eigenvalue weighted by atomic mass is 10.3. The van der Waals surface area contributed by atoms with Crippen LogP contribution in [0.4, 0.5) is 0 Å². The molecule has 23 heavy (non-hydrogen) atoms. The summed E-state index contributed by atoms with van der Waals surface area (Å²) in [7, 11) is 1.61. The minimum atomic E-state index is -0.371. The van der Waals surface area contributed by atoms with Crippen LogP contribution in [0.5, 0.6) is 5.75 Å². The zero-order valence-corrected chi connectivity index (χ0v) is 12.8. The monoisotopic (exact) mass is 317 g/mol. The van der Waals surface area contributed by atoms with E-state index >= 15 is 0 Å². The third-order valence-corrected chi connectivity index (χ3v) is 3.08. The number of carbonyl (C=O) groups is 2. The van der Waals surface area contributed by atoms with Gasteiger partial charge in [-0.1, -0.05) is 0 Å². The van der Waals surface area contributed by atoms with E-state index in [0.29, 0.717) is 5.69 Å². The fourth-order valence-electron chi connectivity index (χ4n) is 1.84. The van der Waals surface area contributed by atoms with Crippen molar-refractivity contribution in [2.75, 3.05) is 20.2 Å². The van der Waals surface area contributed by atoms with Gasteiger partial charge in [-0.2, -0.15) is 5.10 Å². The van der Waals surface area contributed by atoms with Crippen LogP contribution in [0.1, 0.15) is 5.69 Å². The molecular weight excluding hydrogens is 298 g/mol. The second-order valence-electron chi connectivity index (χ2n) is 4.71. The molecular formula is C15H19N5O3. The van der Waals surface area contributed by atoms with E-state index in [1.165, 1.54) is 0 Å². The van der Waals surface area contributed by atoms with Gasteiger partial charge < -0.3 is 21.1 Å². The van der Waals surface area contributed by atoms with Crippen molar-refractivity contribution in [3.63, 3.8) is 0 Å². The fraction of sp³-hybridized carbons (Fsp3) is 0.267. The third kappa shape index (κ3) is 4.82.